The number of hydrogen-bond acceptors (Lipinski definition) is 3. The minimum Gasteiger partial charge on any atom is -0.378 e. The summed E-state index contributed by atoms with van der Waals surface area (Å²) in [6.45, 7) is 9.59. The van der Waals surface area contributed by atoms with Crippen LogP contribution in [-0.4, -0.2) is 30.7 Å². The maximum atomic E-state index is 13.1. The van der Waals surface area contributed by atoms with Crippen LogP contribution in [0.1, 0.15) is 70.4 Å². The van der Waals surface area contributed by atoms with Gasteiger partial charge in [0.25, 0.3) is 0 Å². The molecule has 2 aliphatic carbocycles. The molecule has 28 heavy (non-hydrogen) atoms. The quantitative estimate of drug-likeness (QED) is 0.738. The van der Waals surface area contributed by atoms with Gasteiger partial charge in [-0.1, -0.05) is 57.4 Å². The molecule has 2 saturated carbocycles. The number of hydrogen-bond donors (Lipinski definition) is 2. The first-order chi connectivity index (χ1) is 12.8. The Morgan fingerprint density at radius 2 is 1.86 bits per heavy atom. The lowest BCUT2D eigenvalue weighted by Crippen LogP contribution is -2.76. The number of rotatable bonds is 6. The van der Waals surface area contributed by atoms with Crippen LogP contribution in [0, 0.1) is 12.3 Å². The highest BCUT2D eigenvalue weighted by molar-refractivity contribution is 5.89. The summed E-state index contributed by atoms with van der Waals surface area (Å²) in [5, 5.41) is 3.26. The van der Waals surface area contributed by atoms with Gasteiger partial charge in [0.15, 0.2) is 0 Å². The Bertz CT molecular complexity index is 685. The zero-order valence-corrected chi connectivity index (χ0v) is 18.7. The Balaban J connectivity index is 0.00000280. The Labute approximate surface area is 176 Å². The number of benzene rings is 1. The van der Waals surface area contributed by atoms with Crippen LogP contribution in [0.2, 0.25) is 0 Å². The van der Waals surface area contributed by atoms with Gasteiger partial charge >= 0.3 is 0 Å². The van der Waals surface area contributed by atoms with E-state index >= 15 is 0 Å². The maximum absolute atomic E-state index is 13.1. The van der Waals surface area contributed by atoms with Crippen molar-refractivity contribution in [1.82, 2.24) is 5.32 Å². The van der Waals surface area contributed by atoms with E-state index in [9.17, 15) is 4.79 Å². The number of ether oxygens (including phenoxy) is 1. The molecule has 2 fully saturated rings. The molecular weight excluding hydrogens is 372 g/mol. The summed E-state index contributed by atoms with van der Waals surface area (Å²) in [6, 6.07) is 8.63. The van der Waals surface area contributed by atoms with Gasteiger partial charge in [-0.2, -0.15) is 0 Å². The molecule has 158 valence electrons. The third-order valence-corrected chi connectivity index (χ3v) is 7.35. The Kier molecular flexibility index (Phi) is 7.22. The summed E-state index contributed by atoms with van der Waals surface area (Å²) in [4.78, 5) is 13.1. The summed E-state index contributed by atoms with van der Waals surface area (Å²) < 4.78 is 5.78. The molecule has 0 spiro atoms. The van der Waals surface area contributed by atoms with Crippen molar-refractivity contribution in [3.63, 3.8) is 0 Å². The molecule has 2 atom stereocenters. The second kappa shape index (κ2) is 8.73. The minimum atomic E-state index is -0.853. The third-order valence-electron chi connectivity index (χ3n) is 7.35. The summed E-state index contributed by atoms with van der Waals surface area (Å²) in [7, 11) is 0. The topological polar surface area (TPSA) is 64.3 Å². The lowest BCUT2D eigenvalue weighted by molar-refractivity contribution is -0.170. The van der Waals surface area contributed by atoms with Crippen LogP contribution in [0.5, 0.6) is 0 Å². The first kappa shape index (κ1) is 23.2. The van der Waals surface area contributed by atoms with Crippen LogP contribution < -0.4 is 11.1 Å². The van der Waals surface area contributed by atoms with Gasteiger partial charge in [-0.05, 0) is 37.8 Å². The summed E-state index contributed by atoms with van der Waals surface area (Å²) in [5.74, 6) is -0.0259. The number of aryl methyl sites for hydroxylation is 1. The van der Waals surface area contributed by atoms with Crippen molar-refractivity contribution in [1.29, 1.82) is 0 Å². The van der Waals surface area contributed by atoms with Gasteiger partial charge in [0.05, 0.1) is 6.10 Å². The van der Waals surface area contributed by atoms with Gasteiger partial charge in [0, 0.05) is 30.4 Å². The molecule has 0 aliphatic heterocycles. The van der Waals surface area contributed by atoms with Crippen LogP contribution in [-0.2, 0) is 14.9 Å². The van der Waals surface area contributed by atoms with Crippen molar-refractivity contribution >= 4 is 18.3 Å². The second-order valence-corrected chi connectivity index (χ2v) is 9.18. The van der Waals surface area contributed by atoms with E-state index in [1.165, 1.54) is 30.4 Å². The molecule has 0 heterocycles. The Hall–Kier alpha value is -1.10. The van der Waals surface area contributed by atoms with E-state index in [-0.39, 0.29) is 35.2 Å². The molecule has 2 aliphatic rings. The highest BCUT2D eigenvalue weighted by Gasteiger charge is 2.63. The zero-order chi connectivity index (χ0) is 19.7. The van der Waals surface area contributed by atoms with E-state index in [0.717, 1.165) is 12.8 Å². The van der Waals surface area contributed by atoms with Gasteiger partial charge in [0.1, 0.15) is 5.54 Å². The Morgan fingerprint density at radius 3 is 2.43 bits per heavy atom. The molecule has 2 unspecified atom stereocenters. The van der Waals surface area contributed by atoms with Gasteiger partial charge in [-0.3, -0.25) is 4.79 Å². The fraction of sp³-hybridized carbons (Fsp3) is 0.696. The highest BCUT2D eigenvalue weighted by Crippen LogP contribution is 2.50. The number of nitrogens with two attached hydrogens (primary N) is 1. The number of carbonyl (C=O) groups is 1. The van der Waals surface area contributed by atoms with Crippen LogP contribution in [0.15, 0.2) is 24.3 Å². The van der Waals surface area contributed by atoms with Crippen LogP contribution in [0.4, 0.5) is 0 Å². The van der Waals surface area contributed by atoms with E-state index in [4.69, 9.17) is 10.5 Å². The molecule has 0 saturated heterocycles. The predicted molar refractivity (Wildman–Crippen MR) is 117 cm³/mol. The minimum absolute atomic E-state index is 0. The predicted octanol–water partition coefficient (Wildman–Crippen LogP) is 4.27. The molecule has 3 N–H and O–H groups in total. The standard InChI is InChI=1S/C23H36N2O2.ClH/c1-5-27-19-15-23(24,21(19,3)4)20(26)25-16-22(13-9-6-10-14-22)18-12-8-7-11-17(18)2;/h7-8,11-12,19H,5-6,9-10,13-16,24H2,1-4H3,(H,25,26);1H. The third kappa shape index (κ3) is 3.83. The van der Waals surface area contributed by atoms with Gasteiger partial charge < -0.3 is 15.8 Å². The molecule has 1 aromatic carbocycles. The second-order valence-electron chi connectivity index (χ2n) is 9.18. The molecule has 0 bridgehead atoms. The maximum Gasteiger partial charge on any atom is 0.240 e. The summed E-state index contributed by atoms with van der Waals surface area (Å²) >= 11 is 0. The van der Waals surface area contributed by atoms with E-state index < -0.39 is 5.54 Å². The van der Waals surface area contributed by atoms with Crippen LogP contribution in [0.3, 0.4) is 0 Å². The average molecular weight is 409 g/mol. The van der Waals surface area contributed by atoms with Gasteiger partial charge in [-0.25, -0.2) is 0 Å². The first-order valence-corrected chi connectivity index (χ1v) is 10.5. The van der Waals surface area contributed by atoms with Crippen molar-refractivity contribution in [2.24, 2.45) is 11.1 Å². The monoisotopic (exact) mass is 408 g/mol. The molecule has 1 aromatic rings. The Morgan fingerprint density at radius 1 is 1.21 bits per heavy atom. The molecule has 3 rings (SSSR count). The number of amides is 1. The van der Waals surface area contributed by atoms with Crippen molar-refractivity contribution in [2.45, 2.75) is 83.3 Å². The molecule has 0 radical (unpaired) electrons. The van der Waals surface area contributed by atoms with Crippen molar-refractivity contribution in [3.05, 3.63) is 35.4 Å². The normalized spacial score (nSPS) is 28.0. The smallest absolute Gasteiger partial charge is 0.240 e. The van der Waals surface area contributed by atoms with E-state index in [1.54, 1.807) is 0 Å². The number of nitrogens with one attached hydrogen (secondary N) is 1. The molecule has 0 aromatic heterocycles. The van der Waals surface area contributed by atoms with E-state index in [2.05, 4.69) is 36.5 Å². The fourth-order valence-corrected chi connectivity index (χ4v) is 5.17. The summed E-state index contributed by atoms with van der Waals surface area (Å²) in [5.41, 5.74) is 8.11. The van der Waals surface area contributed by atoms with Gasteiger partial charge in [0.2, 0.25) is 5.91 Å². The highest BCUT2D eigenvalue weighted by atomic mass is 35.5. The van der Waals surface area contributed by atoms with Crippen LogP contribution in [0.25, 0.3) is 0 Å². The van der Waals surface area contributed by atoms with E-state index in [1.807, 2.05) is 20.8 Å². The molecular formula is C23H37ClN2O2. The van der Waals surface area contributed by atoms with Crippen LogP contribution >= 0.6 is 12.4 Å². The van der Waals surface area contributed by atoms with Crippen molar-refractivity contribution in [3.8, 4) is 0 Å². The van der Waals surface area contributed by atoms with Crippen molar-refractivity contribution in [2.75, 3.05) is 13.2 Å². The van der Waals surface area contributed by atoms with Gasteiger partial charge in [-0.15, -0.1) is 12.4 Å². The average Bonchev–Trinajstić information content (AvgIpc) is 2.66. The zero-order valence-electron chi connectivity index (χ0n) is 17.8. The molecule has 4 nitrogen and oxygen atoms in total. The summed E-state index contributed by atoms with van der Waals surface area (Å²) in [6.07, 6.45) is 6.62. The largest absolute Gasteiger partial charge is 0.378 e. The number of carbonyl (C=O) groups excluding carboxylic acids is 1. The lowest BCUT2D eigenvalue weighted by atomic mass is 9.54. The fourth-order valence-electron chi connectivity index (χ4n) is 5.17. The van der Waals surface area contributed by atoms with E-state index in [0.29, 0.717) is 19.6 Å². The lowest BCUT2D eigenvalue weighted by Gasteiger charge is -2.57. The van der Waals surface area contributed by atoms with Crippen molar-refractivity contribution < 1.29 is 9.53 Å². The molecule has 1 amide bonds. The molecule has 5 heteroatoms. The number of halogens is 1. The SMILES string of the molecule is CCOC1CC(N)(C(=O)NCC2(c3ccccc3C)CCCCC2)C1(C)C.Cl. The first-order valence-electron chi connectivity index (χ1n) is 10.5.